The molecular weight excluding hydrogens is 302 g/mol. The molecule has 0 aliphatic heterocycles. The molecule has 0 unspecified atom stereocenters. The fourth-order valence-electron chi connectivity index (χ4n) is 2.24. The maximum atomic E-state index is 12.0. The zero-order chi connectivity index (χ0) is 15.7. The van der Waals surface area contributed by atoms with Crippen molar-refractivity contribution in [2.24, 2.45) is 0 Å². The van der Waals surface area contributed by atoms with E-state index in [-0.39, 0.29) is 4.90 Å². The van der Waals surface area contributed by atoms with Gasteiger partial charge in [0.1, 0.15) is 0 Å². The Labute approximate surface area is 127 Å². The van der Waals surface area contributed by atoms with E-state index < -0.39 is 15.5 Å². The van der Waals surface area contributed by atoms with Gasteiger partial charge in [-0.3, -0.25) is 0 Å². The molecule has 0 spiro atoms. The summed E-state index contributed by atoms with van der Waals surface area (Å²) in [6.07, 6.45) is 1.14. The van der Waals surface area contributed by atoms with Crippen LogP contribution in [-0.4, -0.2) is 19.8 Å². The first-order valence-electron chi connectivity index (χ1n) is 6.54. The Kier molecular flexibility index (Phi) is 3.46. The summed E-state index contributed by atoms with van der Waals surface area (Å²) in [6, 6.07) is 15.5. The summed E-state index contributed by atoms with van der Waals surface area (Å²) >= 11 is 0. The molecule has 1 heterocycles. The summed E-state index contributed by atoms with van der Waals surface area (Å²) in [7, 11) is -3.27. The molecular formula is C16H13NO4S. The van der Waals surface area contributed by atoms with Crippen LogP contribution in [0.15, 0.2) is 68.8 Å². The lowest BCUT2D eigenvalue weighted by molar-refractivity contribution is 0.394. The van der Waals surface area contributed by atoms with Crippen LogP contribution in [-0.2, 0) is 9.84 Å². The molecule has 1 aromatic heterocycles. The highest BCUT2D eigenvalue weighted by Gasteiger charge is 2.16. The van der Waals surface area contributed by atoms with Crippen molar-refractivity contribution in [3.8, 4) is 22.4 Å². The quantitative estimate of drug-likeness (QED) is 0.806. The van der Waals surface area contributed by atoms with Gasteiger partial charge < -0.3 is 4.52 Å². The van der Waals surface area contributed by atoms with Gasteiger partial charge in [0.15, 0.2) is 9.84 Å². The number of sulfone groups is 1. The number of aromatic nitrogens is 1. The van der Waals surface area contributed by atoms with Crippen molar-refractivity contribution < 1.29 is 12.9 Å². The summed E-state index contributed by atoms with van der Waals surface area (Å²) in [6.45, 7) is 0. The predicted octanol–water partition coefficient (Wildman–Crippen LogP) is 2.71. The second-order valence-electron chi connectivity index (χ2n) is 4.90. The lowest BCUT2D eigenvalue weighted by atomic mass is 10.0. The summed E-state index contributed by atoms with van der Waals surface area (Å²) < 4.78 is 27.9. The standard InChI is InChI=1S/C16H13NO4S/c1-22(19,20)13-9-7-11(8-10-13)14-15(17-21-16(14)18)12-5-3-2-4-6-12/h2-10,17H,1H3. The van der Waals surface area contributed by atoms with Crippen molar-refractivity contribution in [3.63, 3.8) is 0 Å². The molecule has 0 amide bonds. The highest BCUT2D eigenvalue weighted by Crippen LogP contribution is 2.28. The molecule has 22 heavy (non-hydrogen) atoms. The van der Waals surface area contributed by atoms with Crippen molar-refractivity contribution in [1.82, 2.24) is 5.16 Å². The Bertz CT molecular complexity index is 951. The number of benzene rings is 2. The van der Waals surface area contributed by atoms with Gasteiger partial charge in [0.25, 0.3) is 0 Å². The molecule has 0 atom stereocenters. The number of hydrogen-bond acceptors (Lipinski definition) is 4. The molecule has 2 aromatic carbocycles. The van der Waals surface area contributed by atoms with Crippen LogP contribution in [0.5, 0.6) is 0 Å². The molecule has 5 nitrogen and oxygen atoms in total. The van der Waals surface area contributed by atoms with E-state index in [1.165, 1.54) is 12.1 Å². The van der Waals surface area contributed by atoms with Gasteiger partial charge in [-0.15, -0.1) is 0 Å². The molecule has 0 bridgehead atoms. The van der Waals surface area contributed by atoms with Crippen molar-refractivity contribution in [3.05, 3.63) is 65.0 Å². The SMILES string of the molecule is CS(=O)(=O)c1ccc(-c2c(-c3ccccc3)[nH]oc2=O)cc1. The first kappa shape index (κ1) is 14.3. The van der Waals surface area contributed by atoms with Crippen molar-refractivity contribution in [2.75, 3.05) is 6.26 Å². The van der Waals surface area contributed by atoms with Gasteiger partial charge in [0.2, 0.25) is 0 Å². The molecule has 0 aliphatic rings. The summed E-state index contributed by atoms with van der Waals surface area (Å²) in [5.74, 6) is 0. The molecule has 1 N–H and O–H groups in total. The topological polar surface area (TPSA) is 80.1 Å². The first-order chi connectivity index (χ1) is 10.5. The van der Waals surface area contributed by atoms with Crippen LogP contribution in [0.3, 0.4) is 0 Å². The largest absolute Gasteiger partial charge is 0.365 e. The number of aromatic amines is 1. The lowest BCUT2D eigenvalue weighted by Gasteiger charge is -2.03. The van der Waals surface area contributed by atoms with Crippen LogP contribution in [0.1, 0.15) is 0 Å². The predicted molar refractivity (Wildman–Crippen MR) is 83.3 cm³/mol. The van der Waals surface area contributed by atoms with Crippen LogP contribution >= 0.6 is 0 Å². The molecule has 112 valence electrons. The maximum Gasteiger partial charge on any atom is 0.365 e. The third-order valence-electron chi connectivity index (χ3n) is 3.33. The normalized spacial score (nSPS) is 11.5. The van der Waals surface area contributed by atoms with Gasteiger partial charge in [0.05, 0.1) is 16.2 Å². The van der Waals surface area contributed by atoms with Crippen LogP contribution in [0.4, 0.5) is 0 Å². The van der Waals surface area contributed by atoms with E-state index in [4.69, 9.17) is 4.52 Å². The van der Waals surface area contributed by atoms with Crippen LogP contribution in [0, 0.1) is 0 Å². The molecule has 3 rings (SSSR count). The van der Waals surface area contributed by atoms with E-state index in [1.54, 1.807) is 12.1 Å². The van der Waals surface area contributed by atoms with Gasteiger partial charge in [-0.05, 0) is 17.7 Å². The Morgan fingerprint density at radius 3 is 2.14 bits per heavy atom. The van der Waals surface area contributed by atoms with E-state index >= 15 is 0 Å². The third-order valence-corrected chi connectivity index (χ3v) is 4.46. The van der Waals surface area contributed by atoms with Gasteiger partial charge in [-0.1, -0.05) is 42.5 Å². The summed E-state index contributed by atoms with van der Waals surface area (Å²) in [5.41, 5.74) is 1.87. The lowest BCUT2D eigenvalue weighted by Crippen LogP contribution is -1.99. The number of H-pyrrole nitrogens is 1. The van der Waals surface area contributed by atoms with Crippen molar-refractivity contribution >= 4 is 9.84 Å². The van der Waals surface area contributed by atoms with E-state index in [2.05, 4.69) is 5.16 Å². The Hall–Kier alpha value is -2.60. The molecule has 6 heteroatoms. The highest BCUT2D eigenvalue weighted by molar-refractivity contribution is 7.90. The van der Waals surface area contributed by atoms with Crippen LogP contribution in [0.2, 0.25) is 0 Å². The fourth-order valence-corrected chi connectivity index (χ4v) is 2.87. The molecule has 0 saturated carbocycles. The van der Waals surface area contributed by atoms with E-state index in [0.717, 1.165) is 11.8 Å². The number of hydrogen-bond donors (Lipinski definition) is 1. The van der Waals surface area contributed by atoms with Gasteiger partial charge in [-0.2, -0.15) is 0 Å². The van der Waals surface area contributed by atoms with E-state index in [9.17, 15) is 13.2 Å². The molecule has 0 saturated heterocycles. The van der Waals surface area contributed by atoms with E-state index in [1.807, 2.05) is 30.3 Å². The Morgan fingerprint density at radius 1 is 0.909 bits per heavy atom. The number of nitrogens with one attached hydrogen (secondary N) is 1. The van der Waals surface area contributed by atoms with Crippen molar-refractivity contribution in [1.29, 1.82) is 0 Å². The summed E-state index contributed by atoms with van der Waals surface area (Å²) in [4.78, 5) is 12.2. The third kappa shape index (κ3) is 2.60. The zero-order valence-corrected chi connectivity index (χ0v) is 12.6. The summed E-state index contributed by atoms with van der Waals surface area (Å²) in [5, 5.41) is 2.63. The number of rotatable bonds is 3. The van der Waals surface area contributed by atoms with Gasteiger partial charge >= 0.3 is 5.63 Å². The molecule has 0 fully saturated rings. The molecule has 0 aliphatic carbocycles. The average molecular weight is 315 g/mol. The van der Waals surface area contributed by atoms with Crippen molar-refractivity contribution in [2.45, 2.75) is 4.90 Å². The molecule has 3 aromatic rings. The van der Waals surface area contributed by atoms with Gasteiger partial charge in [0, 0.05) is 11.8 Å². The highest BCUT2D eigenvalue weighted by atomic mass is 32.2. The minimum atomic E-state index is -3.27. The minimum absolute atomic E-state index is 0.206. The second kappa shape index (κ2) is 5.31. The zero-order valence-electron chi connectivity index (χ0n) is 11.7. The second-order valence-corrected chi connectivity index (χ2v) is 6.92. The van der Waals surface area contributed by atoms with Crippen LogP contribution in [0.25, 0.3) is 22.4 Å². The maximum absolute atomic E-state index is 12.0. The van der Waals surface area contributed by atoms with E-state index in [0.29, 0.717) is 16.8 Å². The Morgan fingerprint density at radius 2 is 1.55 bits per heavy atom. The van der Waals surface area contributed by atoms with Crippen LogP contribution < -0.4 is 5.63 Å². The van der Waals surface area contributed by atoms with Gasteiger partial charge in [-0.25, -0.2) is 18.4 Å². The fraction of sp³-hybridized carbons (Fsp3) is 0.0625. The average Bonchev–Trinajstić information content (AvgIpc) is 2.89. The minimum Gasteiger partial charge on any atom is -0.338 e. The smallest absolute Gasteiger partial charge is 0.338 e. The Balaban J connectivity index is 2.14. The monoisotopic (exact) mass is 315 g/mol. The first-order valence-corrected chi connectivity index (χ1v) is 8.43. The molecule has 0 radical (unpaired) electrons.